The van der Waals surface area contributed by atoms with Gasteiger partial charge in [-0.15, -0.1) is 0 Å². The van der Waals surface area contributed by atoms with Crippen molar-refractivity contribution in [2.75, 3.05) is 6.54 Å². The normalized spacial score (nSPS) is 21.8. The van der Waals surface area contributed by atoms with Gasteiger partial charge in [-0.2, -0.15) is 0 Å². The molecule has 0 radical (unpaired) electrons. The van der Waals surface area contributed by atoms with E-state index in [0.29, 0.717) is 11.4 Å². The second kappa shape index (κ2) is 2.31. The molecule has 2 N–H and O–H groups in total. The van der Waals surface area contributed by atoms with Crippen molar-refractivity contribution in [1.82, 2.24) is 14.9 Å². The molecule has 0 saturated heterocycles. The number of β-amino-alcohol motifs (C(OH)–C–C–N with tert-alkyl or cyclic N) is 1. The molecule has 1 aromatic heterocycles. The molecule has 1 unspecified atom stereocenters. The molecular formula is C7H9N3O2. The number of imidazole rings is 1. The maximum absolute atomic E-state index is 11.2. The number of rotatable bonds is 0. The number of carbonyl (C=O) groups is 1. The minimum Gasteiger partial charge on any atom is -0.371 e. The summed E-state index contributed by atoms with van der Waals surface area (Å²) in [4.78, 5) is 15.2. The number of aliphatic hydroxyl groups excluding tert-OH is 1. The Morgan fingerprint density at radius 3 is 3.25 bits per heavy atom. The number of hydrogen-bond donors (Lipinski definition) is 2. The fraction of sp³-hybridized carbons (Fsp3) is 0.429. The molecule has 5 nitrogen and oxygen atoms in total. The van der Waals surface area contributed by atoms with Gasteiger partial charge in [0.2, 0.25) is 0 Å². The fourth-order valence-corrected chi connectivity index (χ4v) is 1.33. The molecule has 1 aliphatic rings. The van der Waals surface area contributed by atoms with Gasteiger partial charge in [-0.3, -0.25) is 9.36 Å². The zero-order valence-electron chi connectivity index (χ0n) is 6.61. The van der Waals surface area contributed by atoms with Crippen LogP contribution in [0.5, 0.6) is 0 Å². The number of amides is 1. The van der Waals surface area contributed by atoms with Crippen molar-refractivity contribution >= 4 is 5.91 Å². The molecule has 64 valence electrons. The first-order chi connectivity index (χ1) is 5.70. The van der Waals surface area contributed by atoms with Gasteiger partial charge in [-0.05, 0) is 6.92 Å². The van der Waals surface area contributed by atoms with Crippen molar-refractivity contribution in [1.29, 1.82) is 0 Å². The summed E-state index contributed by atoms with van der Waals surface area (Å²) in [6, 6.07) is 0. The monoisotopic (exact) mass is 167 g/mol. The van der Waals surface area contributed by atoms with E-state index >= 15 is 0 Å². The summed E-state index contributed by atoms with van der Waals surface area (Å²) < 4.78 is 1.48. The summed E-state index contributed by atoms with van der Waals surface area (Å²) in [5.41, 5.74) is 1.10. The number of aryl methyl sites for hydroxylation is 1. The average Bonchev–Trinajstić information content (AvgIpc) is 2.42. The third-order valence-corrected chi connectivity index (χ3v) is 1.96. The van der Waals surface area contributed by atoms with Gasteiger partial charge in [0, 0.05) is 0 Å². The molecule has 1 aliphatic heterocycles. The standard InChI is InChI=1S/C7H9N3O2/c1-4-6-7(12)8-2-5(11)10(6)3-9-4/h3,5,11H,2H2,1H3,(H,8,12). The molecule has 12 heavy (non-hydrogen) atoms. The van der Waals surface area contributed by atoms with Crippen LogP contribution in [0.4, 0.5) is 0 Å². The van der Waals surface area contributed by atoms with Gasteiger partial charge in [0.05, 0.1) is 18.6 Å². The average molecular weight is 167 g/mol. The number of carbonyl (C=O) groups excluding carboxylic acids is 1. The molecule has 1 aromatic rings. The molecule has 0 aromatic carbocycles. The number of aliphatic hydroxyl groups is 1. The van der Waals surface area contributed by atoms with Crippen LogP contribution in [0.3, 0.4) is 0 Å². The van der Waals surface area contributed by atoms with E-state index in [1.165, 1.54) is 10.9 Å². The number of nitrogens with zero attached hydrogens (tertiary/aromatic N) is 2. The van der Waals surface area contributed by atoms with Crippen LogP contribution in [0, 0.1) is 6.92 Å². The molecule has 1 atom stereocenters. The number of hydrogen-bond acceptors (Lipinski definition) is 3. The molecule has 2 rings (SSSR count). The van der Waals surface area contributed by atoms with Crippen molar-refractivity contribution in [3.05, 3.63) is 17.7 Å². The third kappa shape index (κ3) is 0.831. The molecule has 2 heterocycles. The van der Waals surface area contributed by atoms with Crippen LogP contribution in [-0.2, 0) is 0 Å². The lowest BCUT2D eigenvalue weighted by molar-refractivity contribution is 0.0661. The predicted molar refractivity (Wildman–Crippen MR) is 40.6 cm³/mol. The Hall–Kier alpha value is -1.36. The van der Waals surface area contributed by atoms with E-state index in [1.807, 2.05) is 0 Å². The topological polar surface area (TPSA) is 67.2 Å². The molecule has 0 fully saturated rings. The van der Waals surface area contributed by atoms with Crippen molar-refractivity contribution in [3.63, 3.8) is 0 Å². The fourth-order valence-electron chi connectivity index (χ4n) is 1.33. The molecular weight excluding hydrogens is 158 g/mol. The second-order valence-corrected chi connectivity index (χ2v) is 2.78. The Labute approximate surface area is 69.0 Å². The summed E-state index contributed by atoms with van der Waals surface area (Å²) >= 11 is 0. The summed E-state index contributed by atoms with van der Waals surface area (Å²) in [6.45, 7) is 1.99. The Bertz CT molecular complexity index is 331. The van der Waals surface area contributed by atoms with Crippen LogP contribution >= 0.6 is 0 Å². The molecule has 0 saturated carbocycles. The number of aromatic nitrogens is 2. The molecule has 0 bridgehead atoms. The number of nitrogens with one attached hydrogen (secondary N) is 1. The largest absolute Gasteiger partial charge is 0.371 e. The summed E-state index contributed by atoms with van der Waals surface area (Å²) in [7, 11) is 0. The Balaban J connectivity index is 2.57. The zero-order chi connectivity index (χ0) is 8.72. The molecule has 5 heteroatoms. The second-order valence-electron chi connectivity index (χ2n) is 2.78. The summed E-state index contributed by atoms with van der Waals surface area (Å²) in [6.07, 6.45) is 0.799. The molecule has 1 amide bonds. The zero-order valence-corrected chi connectivity index (χ0v) is 6.61. The minimum atomic E-state index is -0.682. The van der Waals surface area contributed by atoms with Crippen LogP contribution in [0.25, 0.3) is 0 Å². The predicted octanol–water partition coefficient (Wildman–Crippen LogP) is -0.574. The Morgan fingerprint density at radius 2 is 2.58 bits per heavy atom. The van der Waals surface area contributed by atoms with E-state index < -0.39 is 6.23 Å². The first kappa shape index (κ1) is 7.30. The Kier molecular flexibility index (Phi) is 1.41. The van der Waals surface area contributed by atoms with Crippen LogP contribution in [-0.4, -0.2) is 27.1 Å². The van der Waals surface area contributed by atoms with Crippen LogP contribution in [0.1, 0.15) is 22.4 Å². The SMILES string of the molecule is Cc1ncn2c1C(=O)NCC2O. The van der Waals surface area contributed by atoms with Crippen LogP contribution in [0.15, 0.2) is 6.33 Å². The summed E-state index contributed by atoms with van der Waals surface area (Å²) in [5.74, 6) is -0.171. The lowest BCUT2D eigenvalue weighted by Crippen LogP contribution is -2.38. The van der Waals surface area contributed by atoms with E-state index in [0.717, 1.165) is 0 Å². The highest BCUT2D eigenvalue weighted by molar-refractivity contribution is 5.94. The van der Waals surface area contributed by atoms with Gasteiger partial charge in [-0.25, -0.2) is 4.98 Å². The van der Waals surface area contributed by atoms with Gasteiger partial charge in [0.15, 0.2) is 0 Å². The highest BCUT2D eigenvalue weighted by Crippen LogP contribution is 2.15. The van der Waals surface area contributed by atoms with Crippen molar-refractivity contribution in [3.8, 4) is 0 Å². The van der Waals surface area contributed by atoms with Gasteiger partial charge in [0.25, 0.3) is 5.91 Å². The van der Waals surface area contributed by atoms with Crippen LogP contribution in [0.2, 0.25) is 0 Å². The van der Waals surface area contributed by atoms with Gasteiger partial charge < -0.3 is 10.4 Å². The first-order valence-electron chi connectivity index (χ1n) is 3.70. The summed E-state index contributed by atoms with van der Waals surface area (Å²) in [5, 5.41) is 12.0. The lowest BCUT2D eigenvalue weighted by Gasteiger charge is -2.21. The van der Waals surface area contributed by atoms with E-state index in [4.69, 9.17) is 0 Å². The van der Waals surface area contributed by atoms with Crippen molar-refractivity contribution in [2.24, 2.45) is 0 Å². The smallest absolute Gasteiger partial charge is 0.270 e. The highest BCUT2D eigenvalue weighted by Gasteiger charge is 2.25. The van der Waals surface area contributed by atoms with Crippen LogP contribution < -0.4 is 5.32 Å². The molecule has 0 spiro atoms. The van der Waals surface area contributed by atoms with E-state index in [-0.39, 0.29) is 12.5 Å². The lowest BCUT2D eigenvalue weighted by atomic mass is 10.2. The van der Waals surface area contributed by atoms with Gasteiger partial charge in [-0.1, -0.05) is 0 Å². The minimum absolute atomic E-state index is 0.171. The quantitative estimate of drug-likeness (QED) is 0.543. The van der Waals surface area contributed by atoms with Gasteiger partial charge >= 0.3 is 0 Å². The van der Waals surface area contributed by atoms with E-state index in [2.05, 4.69) is 10.3 Å². The van der Waals surface area contributed by atoms with E-state index in [9.17, 15) is 9.90 Å². The highest BCUT2D eigenvalue weighted by atomic mass is 16.3. The number of fused-ring (bicyclic) bond motifs is 1. The van der Waals surface area contributed by atoms with Crippen molar-refractivity contribution in [2.45, 2.75) is 13.2 Å². The van der Waals surface area contributed by atoms with E-state index in [1.54, 1.807) is 6.92 Å². The van der Waals surface area contributed by atoms with Crippen molar-refractivity contribution < 1.29 is 9.90 Å². The maximum atomic E-state index is 11.2. The Morgan fingerprint density at radius 1 is 1.83 bits per heavy atom. The van der Waals surface area contributed by atoms with Gasteiger partial charge in [0.1, 0.15) is 11.9 Å². The maximum Gasteiger partial charge on any atom is 0.270 e. The first-order valence-corrected chi connectivity index (χ1v) is 3.70. The molecule has 0 aliphatic carbocycles. The third-order valence-electron chi connectivity index (χ3n) is 1.96.